The van der Waals surface area contributed by atoms with Gasteiger partial charge in [-0.25, -0.2) is 13.2 Å². The number of aromatic carboxylic acids is 1. The molecule has 0 saturated carbocycles. The molecule has 0 bridgehead atoms. The third kappa shape index (κ3) is 4.24. The Hall–Kier alpha value is -2.05. The number of carbonyl (C=O) groups is 1. The van der Waals surface area contributed by atoms with Gasteiger partial charge in [0.1, 0.15) is 0 Å². The zero-order valence-corrected chi connectivity index (χ0v) is 14.0. The van der Waals surface area contributed by atoms with E-state index in [4.69, 9.17) is 16.7 Å². The summed E-state index contributed by atoms with van der Waals surface area (Å²) in [5.74, 6) is -1.28. The van der Waals surface area contributed by atoms with Gasteiger partial charge in [-0.1, -0.05) is 37.1 Å². The van der Waals surface area contributed by atoms with Gasteiger partial charge in [-0.2, -0.15) is 0 Å². The third-order valence-electron chi connectivity index (χ3n) is 3.22. The number of hydrogen-bond donors (Lipinski definition) is 2. The molecule has 0 radical (unpaired) electrons. The molecule has 0 spiro atoms. The summed E-state index contributed by atoms with van der Waals surface area (Å²) in [6, 6.07) is 10.6. The van der Waals surface area contributed by atoms with Crippen LogP contribution >= 0.6 is 11.6 Å². The Morgan fingerprint density at radius 3 is 2.39 bits per heavy atom. The molecule has 0 unspecified atom stereocenters. The third-order valence-corrected chi connectivity index (χ3v) is 4.93. The summed E-state index contributed by atoms with van der Waals surface area (Å²) in [7, 11) is -3.88. The fourth-order valence-electron chi connectivity index (χ4n) is 2.08. The smallest absolute Gasteiger partial charge is 0.337 e. The molecular formula is C16H16ClNO4S. The number of rotatable bonds is 6. The number of nitrogens with one attached hydrogen (secondary N) is 1. The maximum Gasteiger partial charge on any atom is 0.337 e. The molecule has 0 aliphatic rings. The maximum atomic E-state index is 12.4. The van der Waals surface area contributed by atoms with Crippen molar-refractivity contribution in [3.63, 3.8) is 0 Å². The van der Waals surface area contributed by atoms with Gasteiger partial charge in [-0.05, 0) is 42.3 Å². The predicted octanol–water partition coefficient (Wildman–Crippen LogP) is 3.79. The highest BCUT2D eigenvalue weighted by Gasteiger charge is 2.18. The normalized spacial score (nSPS) is 11.2. The molecule has 2 aromatic rings. The Morgan fingerprint density at radius 1 is 1.17 bits per heavy atom. The van der Waals surface area contributed by atoms with Gasteiger partial charge >= 0.3 is 5.97 Å². The molecule has 5 nitrogen and oxygen atoms in total. The van der Waals surface area contributed by atoms with E-state index in [0.717, 1.165) is 24.5 Å². The van der Waals surface area contributed by atoms with Gasteiger partial charge in [0.2, 0.25) is 0 Å². The molecule has 7 heteroatoms. The average molecular weight is 354 g/mol. The molecular weight excluding hydrogens is 338 g/mol. The van der Waals surface area contributed by atoms with Crippen molar-refractivity contribution in [2.75, 3.05) is 4.72 Å². The number of anilines is 1. The van der Waals surface area contributed by atoms with Crippen molar-refractivity contribution >= 4 is 33.3 Å². The van der Waals surface area contributed by atoms with Crippen molar-refractivity contribution in [3.05, 3.63) is 58.6 Å². The Labute approximate surface area is 140 Å². The van der Waals surface area contributed by atoms with Crippen molar-refractivity contribution in [2.24, 2.45) is 0 Å². The van der Waals surface area contributed by atoms with E-state index in [-0.39, 0.29) is 15.5 Å². The highest BCUT2D eigenvalue weighted by Crippen LogP contribution is 2.23. The van der Waals surface area contributed by atoms with Crippen LogP contribution in [0.25, 0.3) is 0 Å². The lowest BCUT2D eigenvalue weighted by Gasteiger charge is -2.10. The first kappa shape index (κ1) is 17.3. The summed E-state index contributed by atoms with van der Waals surface area (Å²) >= 11 is 5.75. The van der Waals surface area contributed by atoms with Crippen LogP contribution in [-0.2, 0) is 16.4 Å². The molecule has 2 aromatic carbocycles. The Bertz CT molecular complexity index is 816. The lowest BCUT2D eigenvalue weighted by atomic mass is 10.1. The molecule has 0 amide bonds. The van der Waals surface area contributed by atoms with Crippen LogP contribution in [0.2, 0.25) is 5.02 Å². The van der Waals surface area contributed by atoms with Crippen LogP contribution in [0.15, 0.2) is 47.4 Å². The number of aryl methyl sites for hydroxylation is 1. The van der Waals surface area contributed by atoms with Crippen LogP contribution in [0.1, 0.15) is 29.3 Å². The van der Waals surface area contributed by atoms with E-state index in [2.05, 4.69) is 11.6 Å². The summed E-state index contributed by atoms with van der Waals surface area (Å²) in [5, 5.41) is 9.01. The number of hydrogen-bond acceptors (Lipinski definition) is 3. The zero-order valence-electron chi connectivity index (χ0n) is 12.4. The minimum Gasteiger partial charge on any atom is -0.478 e. The molecule has 0 fully saturated rings. The topological polar surface area (TPSA) is 83.5 Å². The fourth-order valence-corrected chi connectivity index (χ4v) is 3.36. The van der Waals surface area contributed by atoms with E-state index in [1.165, 1.54) is 12.1 Å². The summed E-state index contributed by atoms with van der Waals surface area (Å²) in [5.41, 5.74) is 1.28. The monoisotopic (exact) mass is 353 g/mol. The van der Waals surface area contributed by atoms with Crippen LogP contribution in [0.4, 0.5) is 5.69 Å². The molecule has 0 aliphatic carbocycles. The van der Waals surface area contributed by atoms with Gasteiger partial charge in [-0.3, -0.25) is 4.72 Å². The van der Waals surface area contributed by atoms with Crippen molar-refractivity contribution in [3.8, 4) is 0 Å². The fraction of sp³-hybridized carbons (Fsp3) is 0.188. The van der Waals surface area contributed by atoms with Gasteiger partial charge in [-0.15, -0.1) is 0 Å². The average Bonchev–Trinajstić information content (AvgIpc) is 2.49. The van der Waals surface area contributed by atoms with E-state index >= 15 is 0 Å². The van der Waals surface area contributed by atoms with E-state index in [1.807, 2.05) is 12.1 Å². The first-order valence-electron chi connectivity index (χ1n) is 6.98. The van der Waals surface area contributed by atoms with Crippen molar-refractivity contribution in [1.29, 1.82) is 0 Å². The second-order valence-electron chi connectivity index (χ2n) is 5.00. The number of carboxylic acid groups (broad SMARTS) is 1. The van der Waals surface area contributed by atoms with Crippen LogP contribution in [-0.4, -0.2) is 19.5 Å². The molecule has 122 valence electrons. The van der Waals surface area contributed by atoms with E-state index < -0.39 is 16.0 Å². The van der Waals surface area contributed by atoms with Crippen LogP contribution < -0.4 is 4.72 Å². The predicted molar refractivity (Wildman–Crippen MR) is 89.7 cm³/mol. The molecule has 23 heavy (non-hydrogen) atoms. The highest BCUT2D eigenvalue weighted by atomic mass is 35.5. The van der Waals surface area contributed by atoms with E-state index in [9.17, 15) is 13.2 Å². The van der Waals surface area contributed by atoms with E-state index in [0.29, 0.717) is 5.69 Å². The lowest BCUT2D eigenvalue weighted by Crippen LogP contribution is -2.14. The number of benzene rings is 2. The minimum atomic E-state index is -3.88. The number of halogens is 1. The largest absolute Gasteiger partial charge is 0.478 e. The Morgan fingerprint density at radius 2 is 1.83 bits per heavy atom. The quantitative estimate of drug-likeness (QED) is 0.827. The summed E-state index contributed by atoms with van der Waals surface area (Å²) in [6.45, 7) is 2.07. The molecule has 2 N–H and O–H groups in total. The molecule has 0 heterocycles. The first-order valence-corrected chi connectivity index (χ1v) is 8.84. The van der Waals surface area contributed by atoms with E-state index in [1.54, 1.807) is 12.1 Å². The molecule has 0 saturated heterocycles. The lowest BCUT2D eigenvalue weighted by molar-refractivity contribution is 0.0697. The Kier molecular flexibility index (Phi) is 5.28. The molecule has 0 aliphatic heterocycles. The second-order valence-corrected chi connectivity index (χ2v) is 7.09. The second kappa shape index (κ2) is 7.02. The number of carboxylic acids is 1. The van der Waals surface area contributed by atoms with Crippen LogP contribution in [0.3, 0.4) is 0 Å². The van der Waals surface area contributed by atoms with Crippen LogP contribution in [0.5, 0.6) is 0 Å². The van der Waals surface area contributed by atoms with Gasteiger partial charge in [0.15, 0.2) is 0 Å². The van der Waals surface area contributed by atoms with Gasteiger partial charge in [0.05, 0.1) is 15.5 Å². The molecule has 2 rings (SSSR count). The maximum absolute atomic E-state index is 12.4. The van der Waals surface area contributed by atoms with Crippen molar-refractivity contribution in [2.45, 2.75) is 24.7 Å². The summed E-state index contributed by atoms with van der Waals surface area (Å²) in [4.78, 5) is 10.9. The van der Waals surface area contributed by atoms with Gasteiger partial charge in [0.25, 0.3) is 10.0 Å². The first-order chi connectivity index (χ1) is 10.8. The van der Waals surface area contributed by atoms with Gasteiger partial charge < -0.3 is 5.11 Å². The summed E-state index contributed by atoms with van der Waals surface area (Å²) < 4.78 is 27.1. The SMILES string of the molecule is CCCc1ccc(NS(=O)(=O)c2ccc(Cl)c(C(=O)O)c2)cc1. The highest BCUT2D eigenvalue weighted by molar-refractivity contribution is 7.92. The number of sulfonamides is 1. The zero-order chi connectivity index (χ0) is 17.0. The van der Waals surface area contributed by atoms with Crippen molar-refractivity contribution < 1.29 is 18.3 Å². The van der Waals surface area contributed by atoms with Crippen molar-refractivity contribution in [1.82, 2.24) is 0 Å². The summed E-state index contributed by atoms with van der Waals surface area (Å²) in [6.07, 6.45) is 1.93. The Balaban J connectivity index is 2.28. The molecule has 0 aromatic heterocycles. The standard InChI is InChI=1S/C16H16ClNO4S/c1-2-3-11-4-6-12(7-5-11)18-23(21,22)13-8-9-15(17)14(10-13)16(19)20/h4-10,18H,2-3H2,1H3,(H,19,20). The van der Waals surface area contributed by atoms with Gasteiger partial charge in [0, 0.05) is 5.69 Å². The minimum absolute atomic E-state index is 0.0135. The van der Waals surface area contributed by atoms with Crippen LogP contribution in [0, 0.1) is 0 Å². The molecule has 0 atom stereocenters.